The first-order valence-electron chi connectivity index (χ1n) is 9.25. The van der Waals surface area contributed by atoms with E-state index in [4.69, 9.17) is 0 Å². The number of benzene rings is 1. The van der Waals surface area contributed by atoms with Gasteiger partial charge in [0.1, 0.15) is 0 Å². The van der Waals surface area contributed by atoms with Crippen LogP contribution in [0.15, 0.2) is 35.5 Å². The zero-order valence-electron chi connectivity index (χ0n) is 16.6. The van der Waals surface area contributed by atoms with Crippen LogP contribution in [0.1, 0.15) is 45.6 Å². The summed E-state index contributed by atoms with van der Waals surface area (Å²) in [6.07, 6.45) is 1.35. The molecule has 0 N–H and O–H groups in total. The molecule has 0 aromatic heterocycles. The van der Waals surface area contributed by atoms with Crippen molar-refractivity contribution < 1.29 is 19.4 Å². The van der Waals surface area contributed by atoms with Gasteiger partial charge in [-0.25, -0.2) is 0 Å². The average Bonchev–Trinajstić information content (AvgIpc) is 2.90. The number of allylic oxidation sites excluding steroid dienone is 2. The first-order chi connectivity index (χ1) is 11.0. The molecule has 1 aromatic rings. The second kappa shape index (κ2) is 6.21. The summed E-state index contributed by atoms with van der Waals surface area (Å²) in [5.41, 5.74) is 6.86. The van der Waals surface area contributed by atoms with Gasteiger partial charge in [0.25, 0.3) is 0 Å². The minimum atomic E-state index is -0.765. The summed E-state index contributed by atoms with van der Waals surface area (Å²) in [6.45, 7) is 14.7. The van der Waals surface area contributed by atoms with E-state index < -0.39 is 8.96 Å². The molecule has 130 valence electrons. The molecule has 1 aliphatic carbocycles. The van der Waals surface area contributed by atoms with Crippen molar-refractivity contribution in [3.63, 3.8) is 0 Å². The third-order valence-electron chi connectivity index (χ3n) is 5.78. The van der Waals surface area contributed by atoms with Crippen LogP contribution in [0.2, 0.25) is 17.3 Å². The van der Waals surface area contributed by atoms with E-state index in [1.54, 1.807) is 16.8 Å². The van der Waals surface area contributed by atoms with Crippen molar-refractivity contribution in [3.8, 4) is 0 Å². The number of quaternary nitrogens is 1. The van der Waals surface area contributed by atoms with Crippen molar-refractivity contribution in [2.24, 2.45) is 0 Å². The maximum absolute atomic E-state index is 2.94. The normalized spacial score (nSPS) is 25.4. The molecule has 1 heterocycles. The molecule has 2 aliphatic rings. The Labute approximate surface area is 159 Å². The van der Waals surface area contributed by atoms with E-state index in [-0.39, 0.29) is 19.4 Å². The Morgan fingerprint density at radius 2 is 1.79 bits per heavy atom. The van der Waals surface area contributed by atoms with Crippen LogP contribution in [0.25, 0.3) is 0 Å². The van der Waals surface area contributed by atoms with Gasteiger partial charge in [-0.1, -0.05) is 0 Å². The summed E-state index contributed by atoms with van der Waals surface area (Å²) >= 11 is -0.109. The fraction of sp³-hybridized carbons (Fsp3) is 0.600. The van der Waals surface area contributed by atoms with Crippen molar-refractivity contribution in [3.05, 3.63) is 41.1 Å². The molecule has 2 nitrogen and oxygen atoms in total. The monoisotopic (exact) mass is 377 g/mol. The van der Waals surface area contributed by atoms with Crippen molar-refractivity contribution in [1.29, 1.82) is 0 Å². The van der Waals surface area contributed by atoms with E-state index in [0.717, 1.165) is 8.71 Å². The van der Waals surface area contributed by atoms with Gasteiger partial charge < -0.3 is 0 Å². The third-order valence-corrected chi connectivity index (χ3v) is 13.6. The predicted octanol–water partition coefficient (Wildman–Crippen LogP) is 4.90. The van der Waals surface area contributed by atoms with Crippen LogP contribution >= 0.6 is 0 Å². The quantitative estimate of drug-likeness (QED) is 0.535. The molecule has 24 heavy (non-hydrogen) atoms. The molecule has 0 spiro atoms. The second-order valence-electron chi connectivity index (χ2n) is 9.19. The summed E-state index contributed by atoms with van der Waals surface area (Å²) in [4.78, 5) is 0. The molecule has 0 bridgehead atoms. The topological polar surface area (TPSA) is 3.24 Å². The van der Waals surface area contributed by atoms with E-state index in [1.807, 2.05) is 0 Å². The van der Waals surface area contributed by atoms with Crippen molar-refractivity contribution in [1.82, 2.24) is 7.53 Å². The Balaban J connectivity index is 1.94. The maximum atomic E-state index is 2.94. The van der Waals surface area contributed by atoms with E-state index in [0.29, 0.717) is 11.5 Å². The zero-order valence-corrected chi connectivity index (χ0v) is 19.4. The predicted molar refractivity (Wildman–Crippen MR) is 104 cm³/mol. The van der Waals surface area contributed by atoms with Crippen LogP contribution in [0, 0.1) is 0 Å². The van der Waals surface area contributed by atoms with Crippen molar-refractivity contribution >= 4 is 14.6 Å². The molecular formula is C20H33N2SiTi+. The Bertz CT molecular complexity index is 672. The number of fused-ring (bicyclic) bond motifs is 3. The van der Waals surface area contributed by atoms with Gasteiger partial charge in [-0.2, -0.15) is 0 Å². The summed E-state index contributed by atoms with van der Waals surface area (Å²) in [5.74, 6) is 0.667. The molecule has 0 amide bonds. The van der Waals surface area contributed by atoms with Gasteiger partial charge in [-0.05, 0) is 0 Å². The number of nitrogens with zero attached hydrogens (tertiary/aromatic N) is 2. The van der Waals surface area contributed by atoms with Crippen LogP contribution < -0.4 is 4.48 Å². The first-order valence-corrected chi connectivity index (χ1v) is 13.7. The Morgan fingerprint density at radius 3 is 2.38 bits per heavy atom. The fourth-order valence-corrected chi connectivity index (χ4v) is 11.1. The van der Waals surface area contributed by atoms with Gasteiger partial charge in [0.15, 0.2) is 0 Å². The SMILES string of the molecule is CC1=C2C(C[CH]1[Ti][N]([SiH](C)C)C(C)(C)C)c1ccccc1[N+]2(C)C. The number of hydrogen-bond donors (Lipinski definition) is 0. The molecule has 0 radical (unpaired) electrons. The van der Waals surface area contributed by atoms with E-state index in [9.17, 15) is 0 Å². The number of rotatable bonds is 3. The standard InChI is InChI=1S/C14H17N.C6H16NSi.Ti/c1-10-8-9-12-11-6-4-5-7-13(11)15(2,3)14(10)12;1-6(2,3)7-8(4)5;/h4-8,12H,9H2,1-3H3;8H,1-5H3;/q+1;-1;+1. The van der Waals surface area contributed by atoms with Crippen LogP contribution in [0.4, 0.5) is 5.69 Å². The van der Waals surface area contributed by atoms with E-state index >= 15 is 0 Å². The molecule has 0 saturated heterocycles. The van der Waals surface area contributed by atoms with Crippen LogP contribution in [0.5, 0.6) is 0 Å². The first kappa shape index (κ1) is 18.6. The van der Waals surface area contributed by atoms with Crippen LogP contribution in [-0.2, 0) is 19.4 Å². The number of para-hydroxylation sites is 1. The Morgan fingerprint density at radius 1 is 1.17 bits per heavy atom. The minimum absolute atomic E-state index is 0.109. The molecule has 2 atom stereocenters. The van der Waals surface area contributed by atoms with Gasteiger partial charge in [0.2, 0.25) is 0 Å². The molecule has 1 aromatic carbocycles. The molecular weight excluding hydrogens is 344 g/mol. The fourth-order valence-electron chi connectivity index (χ4n) is 4.94. The van der Waals surface area contributed by atoms with E-state index in [2.05, 4.69) is 82.2 Å². The molecule has 4 heteroatoms. The zero-order chi connectivity index (χ0) is 17.9. The van der Waals surface area contributed by atoms with Gasteiger partial charge in [0, 0.05) is 0 Å². The van der Waals surface area contributed by atoms with E-state index in [1.165, 1.54) is 12.1 Å². The van der Waals surface area contributed by atoms with Gasteiger partial charge in [-0.3, -0.25) is 0 Å². The molecule has 0 saturated carbocycles. The Kier molecular flexibility index (Phi) is 4.81. The average molecular weight is 377 g/mol. The van der Waals surface area contributed by atoms with Crippen LogP contribution in [-0.4, -0.2) is 31.6 Å². The van der Waals surface area contributed by atoms with Gasteiger partial charge in [0.05, 0.1) is 0 Å². The van der Waals surface area contributed by atoms with Crippen molar-refractivity contribution in [2.45, 2.75) is 62.9 Å². The molecule has 3 rings (SSSR count). The summed E-state index contributed by atoms with van der Waals surface area (Å²) in [5, 5.41) is 0. The summed E-state index contributed by atoms with van der Waals surface area (Å²) < 4.78 is 4.75. The summed E-state index contributed by atoms with van der Waals surface area (Å²) in [6, 6.07) is 9.14. The van der Waals surface area contributed by atoms with Gasteiger partial charge in [-0.15, -0.1) is 0 Å². The van der Waals surface area contributed by atoms with Crippen molar-refractivity contribution in [2.75, 3.05) is 14.1 Å². The number of hydrogen-bond acceptors (Lipinski definition) is 1. The number of likely N-dealkylation sites (N-methyl/N-ethyl adjacent to an activating group) is 1. The molecule has 0 fully saturated rings. The summed E-state index contributed by atoms with van der Waals surface area (Å²) in [7, 11) is 4.01. The molecule has 2 unspecified atom stereocenters. The van der Waals surface area contributed by atoms with Crippen LogP contribution in [0.3, 0.4) is 0 Å². The molecule has 1 aliphatic heterocycles. The second-order valence-corrected chi connectivity index (χ2v) is 14.9. The van der Waals surface area contributed by atoms with Gasteiger partial charge >= 0.3 is 160 Å². The third kappa shape index (κ3) is 2.93. The Hall–Kier alpha value is -0.189.